The second-order valence-corrected chi connectivity index (χ2v) is 8.50. The number of halogens is 1. The van der Waals surface area contributed by atoms with E-state index < -0.39 is 9.84 Å². The number of benzene rings is 1. The Morgan fingerprint density at radius 3 is 2.62 bits per heavy atom. The lowest BCUT2D eigenvalue weighted by Gasteiger charge is -2.34. The smallest absolute Gasteiger partial charge is 0.150 e. The zero-order chi connectivity index (χ0) is 15.6. The van der Waals surface area contributed by atoms with Crippen molar-refractivity contribution in [2.75, 3.05) is 13.3 Å². The van der Waals surface area contributed by atoms with Crippen molar-refractivity contribution in [3.05, 3.63) is 35.1 Å². The maximum Gasteiger partial charge on any atom is 0.150 e. The molecule has 0 heterocycles. The van der Waals surface area contributed by atoms with Crippen LogP contribution in [0.4, 0.5) is 4.39 Å². The number of nitrogens with one attached hydrogen (secondary N) is 1. The van der Waals surface area contributed by atoms with Crippen LogP contribution in [0.3, 0.4) is 0 Å². The second kappa shape index (κ2) is 6.44. The SMILES string of the molecule is CNC(c1ccc(C)cc1F)C1CCCC(S(C)(=O)=O)C1. The molecule has 0 bridgehead atoms. The minimum Gasteiger partial charge on any atom is -0.313 e. The van der Waals surface area contributed by atoms with Crippen LogP contribution < -0.4 is 5.32 Å². The molecule has 3 atom stereocenters. The highest BCUT2D eigenvalue weighted by Crippen LogP contribution is 2.37. The van der Waals surface area contributed by atoms with Gasteiger partial charge >= 0.3 is 0 Å². The highest BCUT2D eigenvalue weighted by molar-refractivity contribution is 7.91. The predicted octanol–water partition coefficient (Wildman–Crippen LogP) is 3.00. The van der Waals surface area contributed by atoms with Gasteiger partial charge < -0.3 is 5.32 Å². The van der Waals surface area contributed by atoms with Crippen LogP contribution in [0.1, 0.15) is 42.9 Å². The summed E-state index contributed by atoms with van der Waals surface area (Å²) < 4.78 is 37.8. The molecule has 118 valence electrons. The molecule has 2 rings (SSSR count). The third kappa shape index (κ3) is 3.83. The van der Waals surface area contributed by atoms with Gasteiger partial charge in [-0.25, -0.2) is 12.8 Å². The van der Waals surface area contributed by atoms with Crippen molar-refractivity contribution in [3.63, 3.8) is 0 Å². The summed E-state index contributed by atoms with van der Waals surface area (Å²) in [5.74, 6) is -0.0588. The summed E-state index contributed by atoms with van der Waals surface area (Å²) in [5, 5.41) is 2.89. The molecule has 0 amide bonds. The molecule has 0 aliphatic heterocycles. The maximum absolute atomic E-state index is 14.2. The van der Waals surface area contributed by atoms with Crippen molar-refractivity contribution in [3.8, 4) is 0 Å². The Labute approximate surface area is 126 Å². The zero-order valence-electron chi connectivity index (χ0n) is 12.9. The van der Waals surface area contributed by atoms with E-state index in [1.165, 1.54) is 12.3 Å². The largest absolute Gasteiger partial charge is 0.313 e. The van der Waals surface area contributed by atoms with Crippen LogP contribution in [0.25, 0.3) is 0 Å². The van der Waals surface area contributed by atoms with Crippen molar-refractivity contribution in [1.29, 1.82) is 0 Å². The first kappa shape index (κ1) is 16.4. The maximum atomic E-state index is 14.2. The lowest BCUT2D eigenvalue weighted by atomic mass is 9.80. The van der Waals surface area contributed by atoms with Crippen LogP contribution in [-0.4, -0.2) is 27.0 Å². The van der Waals surface area contributed by atoms with Gasteiger partial charge in [0.2, 0.25) is 0 Å². The highest BCUT2D eigenvalue weighted by atomic mass is 32.2. The molecule has 0 saturated heterocycles. The molecule has 3 nitrogen and oxygen atoms in total. The van der Waals surface area contributed by atoms with Gasteiger partial charge in [0, 0.05) is 17.9 Å². The fraction of sp³-hybridized carbons (Fsp3) is 0.625. The fourth-order valence-electron chi connectivity index (χ4n) is 3.40. The van der Waals surface area contributed by atoms with Crippen LogP contribution in [0.2, 0.25) is 0 Å². The quantitative estimate of drug-likeness (QED) is 0.929. The van der Waals surface area contributed by atoms with E-state index in [9.17, 15) is 12.8 Å². The standard InChI is InChI=1S/C16H24FNO2S/c1-11-7-8-14(15(17)9-11)16(18-2)12-5-4-6-13(10-12)21(3,19)20/h7-9,12-13,16,18H,4-6,10H2,1-3H3. The van der Waals surface area contributed by atoms with E-state index >= 15 is 0 Å². The van der Waals surface area contributed by atoms with Crippen LogP contribution in [-0.2, 0) is 9.84 Å². The predicted molar refractivity (Wildman–Crippen MR) is 83.5 cm³/mol. The molecule has 0 radical (unpaired) electrons. The minimum atomic E-state index is -3.02. The molecule has 1 aliphatic rings. The number of aryl methyl sites for hydroxylation is 1. The van der Waals surface area contributed by atoms with Gasteiger partial charge in [-0.05, 0) is 50.8 Å². The van der Waals surface area contributed by atoms with Crippen LogP contribution >= 0.6 is 0 Å². The summed E-state index contributed by atoms with van der Waals surface area (Å²) in [6.07, 6.45) is 4.46. The first-order valence-corrected chi connectivity index (χ1v) is 9.40. The highest BCUT2D eigenvalue weighted by Gasteiger charge is 2.34. The normalized spacial score (nSPS) is 24.8. The number of sulfone groups is 1. The molecule has 1 N–H and O–H groups in total. The van der Waals surface area contributed by atoms with Crippen LogP contribution in [0.15, 0.2) is 18.2 Å². The van der Waals surface area contributed by atoms with Crippen molar-refractivity contribution in [1.82, 2.24) is 5.32 Å². The van der Waals surface area contributed by atoms with Crippen molar-refractivity contribution >= 4 is 9.84 Å². The van der Waals surface area contributed by atoms with Crippen molar-refractivity contribution in [2.45, 2.75) is 43.9 Å². The molecule has 21 heavy (non-hydrogen) atoms. The molecule has 1 aromatic carbocycles. The van der Waals surface area contributed by atoms with Gasteiger partial charge in [-0.2, -0.15) is 0 Å². The summed E-state index contributed by atoms with van der Waals surface area (Å²) in [7, 11) is -1.21. The Hall–Kier alpha value is -0.940. The summed E-state index contributed by atoms with van der Waals surface area (Å²) in [5.41, 5.74) is 1.53. The summed E-state index contributed by atoms with van der Waals surface area (Å²) in [4.78, 5) is 0. The van der Waals surface area contributed by atoms with E-state index in [0.29, 0.717) is 12.0 Å². The molecule has 5 heteroatoms. The zero-order valence-corrected chi connectivity index (χ0v) is 13.7. The molecule has 1 saturated carbocycles. The van der Waals surface area contributed by atoms with Gasteiger partial charge in [-0.15, -0.1) is 0 Å². The molecular weight excluding hydrogens is 289 g/mol. The molecule has 0 aromatic heterocycles. The van der Waals surface area contributed by atoms with Crippen LogP contribution in [0.5, 0.6) is 0 Å². The van der Waals surface area contributed by atoms with Gasteiger partial charge in [-0.3, -0.25) is 0 Å². The third-order valence-electron chi connectivity index (χ3n) is 4.55. The Bertz CT molecular complexity index is 600. The van der Waals surface area contributed by atoms with E-state index in [0.717, 1.165) is 24.8 Å². The number of rotatable bonds is 4. The summed E-state index contributed by atoms with van der Waals surface area (Å²) in [6, 6.07) is 5.13. The van der Waals surface area contributed by atoms with Crippen molar-refractivity contribution < 1.29 is 12.8 Å². The van der Waals surface area contributed by atoms with Crippen molar-refractivity contribution in [2.24, 2.45) is 5.92 Å². The second-order valence-electron chi connectivity index (χ2n) is 6.17. The Morgan fingerprint density at radius 1 is 1.33 bits per heavy atom. The molecule has 1 fully saturated rings. The average Bonchev–Trinajstić information content (AvgIpc) is 2.41. The molecule has 3 unspecified atom stereocenters. The Balaban J connectivity index is 2.24. The first-order valence-electron chi connectivity index (χ1n) is 7.45. The van der Waals surface area contributed by atoms with Gasteiger partial charge in [-0.1, -0.05) is 18.6 Å². The van der Waals surface area contributed by atoms with Gasteiger partial charge in [0.25, 0.3) is 0 Å². The van der Waals surface area contributed by atoms with Gasteiger partial charge in [0.1, 0.15) is 15.7 Å². The van der Waals surface area contributed by atoms with E-state index in [4.69, 9.17) is 0 Å². The number of hydrogen-bond donors (Lipinski definition) is 1. The molecule has 1 aliphatic carbocycles. The first-order chi connectivity index (χ1) is 9.82. The molecule has 1 aromatic rings. The minimum absolute atomic E-state index is 0.129. The van der Waals surface area contributed by atoms with E-state index in [2.05, 4.69) is 5.32 Å². The fourth-order valence-corrected chi connectivity index (χ4v) is 4.59. The van der Waals surface area contributed by atoms with Gasteiger partial charge in [0.15, 0.2) is 0 Å². The average molecular weight is 313 g/mol. The van der Waals surface area contributed by atoms with Gasteiger partial charge in [0.05, 0.1) is 5.25 Å². The molecular formula is C16H24FNO2S. The van der Waals surface area contributed by atoms with E-state index in [1.807, 2.05) is 26.1 Å². The van der Waals surface area contributed by atoms with Crippen LogP contribution in [0, 0.1) is 18.7 Å². The lowest BCUT2D eigenvalue weighted by molar-refractivity contribution is 0.278. The van der Waals surface area contributed by atoms with E-state index in [1.54, 1.807) is 0 Å². The summed E-state index contributed by atoms with van der Waals surface area (Å²) >= 11 is 0. The third-order valence-corrected chi connectivity index (χ3v) is 6.18. The summed E-state index contributed by atoms with van der Waals surface area (Å²) in [6.45, 7) is 1.86. The number of hydrogen-bond acceptors (Lipinski definition) is 3. The monoisotopic (exact) mass is 313 g/mol. The van der Waals surface area contributed by atoms with E-state index in [-0.39, 0.29) is 23.0 Å². The Morgan fingerprint density at radius 2 is 2.05 bits per heavy atom. The Kier molecular flexibility index (Phi) is 5.04. The molecule has 0 spiro atoms. The topological polar surface area (TPSA) is 46.2 Å². The lowest BCUT2D eigenvalue weighted by Crippen LogP contribution is -2.34.